The number of pyridine rings is 1. The van der Waals surface area contributed by atoms with Crippen molar-refractivity contribution in [1.29, 1.82) is 0 Å². The predicted octanol–water partition coefficient (Wildman–Crippen LogP) is 1.08. The van der Waals surface area contributed by atoms with Gasteiger partial charge in [0.05, 0.1) is 0 Å². The Balaban J connectivity index is 2.84. The van der Waals surface area contributed by atoms with Crippen LogP contribution in [-0.4, -0.2) is 10.9 Å². The highest BCUT2D eigenvalue weighted by Gasteiger charge is 2.06. The largest absolute Gasteiger partial charge is 0.364 e. The molecule has 1 heterocycles. The lowest BCUT2D eigenvalue weighted by molar-refractivity contribution is 0.0995. The molecule has 5 heteroatoms. The van der Waals surface area contributed by atoms with Crippen LogP contribution in [0.15, 0.2) is 23.0 Å². The standard InChI is InChI=1S/C10H6ClN2O2/c11-6-2-1-5-3-8(9(12)14)13-10(15)7(5)4-6/h1,3-4H,(H2,12,14)(H,13,15). The summed E-state index contributed by atoms with van der Waals surface area (Å²) in [5.41, 5.74) is 4.74. The van der Waals surface area contributed by atoms with Gasteiger partial charge in [-0.25, -0.2) is 0 Å². The Morgan fingerprint density at radius 3 is 2.87 bits per heavy atom. The molecule has 1 aromatic heterocycles. The van der Waals surface area contributed by atoms with Crippen molar-refractivity contribution >= 4 is 28.3 Å². The molecular formula is C10H6ClN2O2. The van der Waals surface area contributed by atoms with E-state index in [1.54, 1.807) is 6.07 Å². The molecule has 1 aromatic carbocycles. The van der Waals surface area contributed by atoms with Crippen LogP contribution in [0.2, 0.25) is 5.02 Å². The van der Waals surface area contributed by atoms with Crippen LogP contribution in [0.4, 0.5) is 0 Å². The van der Waals surface area contributed by atoms with Gasteiger partial charge in [-0.15, -0.1) is 0 Å². The van der Waals surface area contributed by atoms with Crippen LogP contribution in [0.25, 0.3) is 10.8 Å². The highest BCUT2D eigenvalue weighted by molar-refractivity contribution is 6.31. The first-order valence-corrected chi connectivity index (χ1v) is 4.50. The molecule has 2 rings (SSSR count). The molecule has 1 amide bonds. The SMILES string of the molecule is NC(=O)c1cc2c[c]c(Cl)cc2c(=O)[nH]1. The van der Waals surface area contributed by atoms with Crippen molar-refractivity contribution in [3.05, 3.63) is 45.3 Å². The molecule has 0 atom stereocenters. The van der Waals surface area contributed by atoms with Gasteiger partial charge in [0, 0.05) is 16.5 Å². The second-order valence-electron chi connectivity index (χ2n) is 3.03. The van der Waals surface area contributed by atoms with Crippen molar-refractivity contribution in [2.24, 2.45) is 5.73 Å². The highest BCUT2D eigenvalue weighted by atomic mass is 35.5. The fourth-order valence-electron chi connectivity index (χ4n) is 1.31. The molecule has 0 bridgehead atoms. The summed E-state index contributed by atoms with van der Waals surface area (Å²) in [5.74, 6) is -0.677. The molecule has 0 saturated carbocycles. The Morgan fingerprint density at radius 2 is 2.20 bits per heavy atom. The number of amides is 1. The molecule has 1 radical (unpaired) electrons. The molecule has 4 nitrogen and oxygen atoms in total. The van der Waals surface area contributed by atoms with Gasteiger partial charge in [0.15, 0.2) is 0 Å². The van der Waals surface area contributed by atoms with Crippen LogP contribution in [0, 0.1) is 6.07 Å². The highest BCUT2D eigenvalue weighted by Crippen LogP contribution is 2.15. The van der Waals surface area contributed by atoms with Crippen molar-refractivity contribution in [2.75, 3.05) is 0 Å². The van der Waals surface area contributed by atoms with E-state index < -0.39 is 11.5 Å². The number of carbonyl (C=O) groups excluding carboxylic acids is 1. The van der Waals surface area contributed by atoms with Gasteiger partial charge >= 0.3 is 0 Å². The van der Waals surface area contributed by atoms with Crippen LogP contribution in [0.1, 0.15) is 10.5 Å². The van der Waals surface area contributed by atoms with Crippen molar-refractivity contribution in [1.82, 2.24) is 4.98 Å². The van der Waals surface area contributed by atoms with E-state index in [0.29, 0.717) is 15.8 Å². The molecule has 2 aromatic rings. The van der Waals surface area contributed by atoms with E-state index in [4.69, 9.17) is 17.3 Å². The molecule has 0 aliphatic carbocycles. The Bertz CT molecular complexity index is 604. The zero-order chi connectivity index (χ0) is 11.0. The fourth-order valence-corrected chi connectivity index (χ4v) is 1.47. The van der Waals surface area contributed by atoms with Gasteiger partial charge < -0.3 is 10.7 Å². The van der Waals surface area contributed by atoms with Crippen LogP contribution in [0.3, 0.4) is 0 Å². The lowest BCUT2D eigenvalue weighted by atomic mass is 10.1. The summed E-state index contributed by atoms with van der Waals surface area (Å²) < 4.78 is 0. The first-order valence-electron chi connectivity index (χ1n) is 4.12. The maximum absolute atomic E-state index is 11.5. The van der Waals surface area contributed by atoms with Gasteiger partial charge in [-0.2, -0.15) is 0 Å². The number of fused-ring (bicyclic) bond motifs is 1. The third kappa shape index (κ3) is 1.71. The van der Waals surface area contributed by atoms with Gasteiger partial charge in [0.25, 0.3) is 11.5 Å². The second-order valence-corrected chi connectivity index (χ2v) is 3.43. The minimum atomic E-state index is -0.677. The number of halogens is 1. The fraction of sp³-hybridized carbons (Fsp3) is 0. The first-order chi connectivity index (χ1) is 7.08. The Morgan fingerprint density at radius 1 is 1.47 bits per heavy atom. The van der Waals surface area contributed by atoms with Gasteiger partial charge in [-0.1, -0.05) is 11.6 Å². The maximum atomic E-state index is 11.5. The monoisotopic (exact) mass is 221 g/mol. The van der Waals surface area contributed by atoms with Crippen molar-refractivity contribution in [3.8, 4) is 0 Å². The van der Waals surface area contributed by atoms with Crippen LogP contribution in [-0.2, 0) is 0 Å². The average Bonchev–Trinajstić information content (AvgIpc) is 2.18. The minimum absolute atomic E-state index is 0.0724. The molecular weight excluding hydrogens is 216 g/mol. The molecule has 0 spiro atoms. The summed E-state index contributed by atoms with van der Waals surface area (Å²) in [5, 5.41) is 1.33. The number of nitrogens with two attached hydrogens (primary N) is 1. The van der Waals surface area contributed by atoms with E-state index in [9.17, 15) is 9.59 Å². The summed E-state index contributed by atoms with van der Waals surface area (Å²) in [6, 6.07) is 7.25. The number of hydrogen-bond donors (Lipinski definition) is 2. The lowest BCUT2D eigenvalue weighted by Gasteiger charge is -2.00. The third-order valence-corrected chi connectivity index (χ3v) is 2.22. The first kappa shape index (κ1) is 9.73. The lowest BCUT2D eigenvalue weighted by Crippen LogP contribution is -2.18. The number of aromatic amines is 1. The molecule has 0 aliphatic rings. The summed E-state index contributed by atoms with van der Waals surface area (Å²) in [7, 11) is 0. The second kappa shape index (κ2) is 3.40. The number of H-pyrrole nitrogens is 1. The molecule has 0 fully saturated rings. The van der Waals surface area contributed by atoms with E-state index in [-0.39, 0.29) is 5.69 Å². The average molecular weight is 222 g/mol. The molecule has 15 heavy (non-hydrogen) atoms. The number of carbonyl (C=O) groups is 1. The van der Waals surface area contributed by atoms with E-state index in [1.807, 2.05) is 0 Å². The Hall–Kier alpha value is -1.81. The van der Waals surface area contributed by atoms with E-state index >= 15 is 0 Å². The zero-order valence-electron chi connectivity index (χ0n) is 7.50. The normalized spacial score (nSPS) is 10.5. The van der Waals surface area contributed by atoms with E-state index in [2.05, 4.69) is 11.1 Å². The maximum Gasteiger partial charge on any atom is 0.265 e. The van der Waals surface area contributed by atoms with Gasteiger partial charge in [0.2, 0.25) is 0 Å². The van der Waals surface area contributed by atoms with Crippen LogP contribution in [0.5, 0.6) is 0 Å². The van der Waals surface area contributed by atoms with Crippen molar-refractivity contribution in [3.63, 3.8) is 0 Å². The summed E-state index contributed by atoms with van der Waals surface area (Å²) in [6.45, 7) is 0. The number of nitrogens with one attached hydrogen (secondary N) is 1. The van der Waals surface area contributed by atoms with E-state index in [0.717, 1.165) is 0 Å². The molecule has 0 unspecified atom stereocenters. The number of primary amides is 1. The minimum Gasteiger partial charge on any atom is -0.364 e. The third-order valence-electron chi connectivity index (χ3n) is 2.01. The van der Waals surface area contributed by atoms with Gasteiger partial charge in [-0.05, 0) is 23.6 Å². The van der Waals surface area contributed by atoms with Crippen molar-refractivity contribution < 1.29 is 4.79 Å². The quantitative estimate of drug-likeness (QED) is 0.756. The zero-order valence-corrected chi connectivity index (χ0v) is 8.26. The smallest absolute Gasteiger partial charge is 0.265 e. The summed E-state index contributed by atoms with van der Waals surface area (Å²) in [6.07, 6.45) is 0. The number of aromatic nitrogens is 1. The van der Waals surface area contributed by atoms with E-state index in [1.165, 1.54) is 12.1 Å². The van der Waals surface area contributed by atoms with Crippen LogP contribution >= 0.6 is 11.6 Å². The molecule has 3 N–H and O–H groups in total. The number of rotatable bonds is 1. The Labute approximate surface area is 89.7 Å². The number of benzene rings is 1. The Kier molecular flexibility index (Phi) is 2.21. The topological polar surface area (TPSA) is 76.0 Å². The summed E-state index contributed by atoms with van der Waals surface area (Å²) >= 11 is 5.69. The van der Waals surface area contributed by atoms with Gasteiger partial charge in [-0.3, -0.25) is 9.59 Å². The molecule has 75 valence electrons. The predicted molar refractivity (Wildman–Crippen MR) is 56.9 cm³/mol. The van der Waals surface area contributed by atoms with Crippen LogP contribution < -0.4 is 11.3 Å². The molecule has 0 saturated heterocycles. The molecule has 0 aliphatic heterocycles. The number of hydrogen-bond acceptors (Lipinski definition) is 2. The van der Waals surface area contributed by atoms with Gasteiger partial charge in [0.1, 0.15) is 5.69 Å². The van der Waals surface area contributed by atoms with Crippen molar-refractivity contribution in [2.45, 2.75) is 0 Å². The summed E-state index contributed by atoms with van der Waals surface area (Å²) in [4.78, 5) is 24.8.